The van der Waals surface area contributed by atoms with Gasteiger partial charge < -0.3 is 14.4 Å². The zero-order chi connectivity index (χ0) is 19.4. The molecule has 7 heteroatoms. The van der Waals surface area contributed by atoms with Crippen LogP contribution in [0.1, 0.15) is 38.1 Å². The van der Waals surface area contributed by atoms with Crippen LogP contribution in [0.15, 0.2) is 58.8 Å². The predicted octanol–water partition coefficient (Wildman–Crippen LogP) is 3.07. The van der Waals surface area contributed by atoms with Crippen molar-refractivity contribution in [2.75, 3.05) is 6.61 Å². The molecule has 0 aliphatic carbocycles. The standard InChI is InChI=1S/C20H17NO5S/c1-2-26-20(25)16-10-13(18(23)15-7-3-4-8-17(15)22)11-21(19(16)24)12-14-6-5-9-27-14/h3-11,22H,2,12H2,1H3. The number of phenolic OH excluding ortho intramolecular Hbond substituents is 1. The number of benzene rings is 1. The van der Waals surface area contributed by atoms with Gasteiger partial charge in [-0.15, -0.1) is 11.3 Å². The van der Waals surface area contributed by atoms with Gasteiger partial charge in [0.1, 0.15) is 11.3 Å². The van der Waals surface area contributed by atoms with Gasteiger partial charge in [0.05, 0.1) is 18.7 Å². The highest BCUT2D eigenvalue weighted by atomic mass is 32.1. The van der Waals surface area contributed by atoms with E-state index in [1.165, 1.54) is 40.3 Å². The number of esters is 1. The number of aromatic nitrogens is 1. The quantitative estimate of drug-likeness (QED) is 0.522. The number of ketones is 1. The highest BCUT2D eigenvalue weighted by Gasteiger charge is 2.21. The van der Waals surface area contributed by atoms with Crippen molar-refractivity contribution in [2.24, 2.45) is 0 Å². The van der Waals surface area contributed by atoms with Gasteiger partial charge in [-0.3, -0.25) is 9.59 Å². The average Bonchev–Trinajstić information content (AvgIpc) is 3.16. The monoisotopic (exact) mass is 383 g/mol. The molecule has 0 aliphatic rings. The minimum absolute atomic E-state index is 0.0913. The lowest BCUT2D eigenvalue weighted by Gasteiger charge is -2.11. The summed E-state index contributed by atoms with van der Waals surface area (Å²) in [5.74, 6) is -1.44. The second kappa shape index (κ2) is 8.01. The molecule has 6 nitrogen and oxygen atoms in total. The molecule has 1 N–H and O–H groups in total. The second-order valence-corrected chi connectivity index (χ2v) is 6.75. The van der Waals surface area contributed by atoms with Crippen LogP contribution in [-0.4, -0.2) is 28.0 Å². The van der Waals surface area contributed by atoms with Crippen molar-refractivity contribution in [1.82, 2.24) is 4.57 Å². The molecule has 0 aliphatic heterocycles. The Balaban J connectivity index is 2.11. The molecule has 0 radical (unpaired) electrons. The van der Waals surface area contributed by atoms with Gasteiger partial charge >= 0.3 is 5.97 Å². The van der Waals surface area contributed by atoms with Crippen molar-refractivity contribution in [3.63, 3.8) is 0 Å². The number of rotatable bonds is 6. The fraction of sp³-hybridized carbons (Fsp3) is 0.150. The Hall–Kier alpha value is -3.19. The second-order valence-electron chi connectivity index (χ2n) is 5.72. The van der Waals surface area contributed by atoms with Gasteiger partial charge in [0.15, 0.2) is 5.78 Å². The first-order chi connectivity index (χ1) is 13.0. The van der Waals surface area contributed by atoms with E-state index < -0.39 is 17.3 Å². The molecule has 2 heterocycles. The van der Waals surface area contributed by atoms with Crippen LogP contribution in [0.25, 0.3) is 0 Å². The maximum atomic E-state index is 12.8. The predicted molar refractivity (Wildman–Crippen MR) is 102 cm³/mol. The Labute approximate surface area is 159 Å². The first-order valence-corrected chi connectivity index (χ1v) is 9.16. The van der Waals surface area contributed by atoms with Gasteiger partial charge in [-0.25, -0.2) is 4.79 Å². The van der Waals surface area contributed by atoms with Gasteiger partial charge in [-0.05, 0) is 36.6 Å². The summed E-state index contributed by atoms with van der Waals surface area (Å²) in [6.07, 6.45) is 1.40. The Kier molecular flexibility index (Phi) is 5.52. The smallest absolute Gasteiger partial charge is 0.343 e. The van der Waals surface area contributed by atoms with E-state index in [9.17, 15) is 19.5 Å². The average molecular weight is 383 g/mol. The lowest BCUT2D eigenvalue weighted by Crippen LogP contribution is -2.28. The maximum Gasteiger partial charge on any atom is 0.343 e. The largest absolute Gasteiger partial charge is 0.507 e. The van der Waals surface area contributed by atoms with Crippen LogP contribution in [0.5, 0.6) is 5.75 Å². The van der Waals surface area contributed by atoms with E-state index >= 15 is 0 Å². The molecular weight excluding hydrogens is 366 g/mol. The van der Waals surface area contributed by atoms with Gasteiger partial charge in [0.25, 0.3) is 5.56 Å². The summed E-state index contributed by atoms with van der Waals surface area (Å²) in [6.45, 7) is 1.98. The molecule has 0 saturated carbocycles. The summed E-state index contributed by atoms with van der Waals surface area (Å²) in [6, 6.07) is 11.1. The molecule has 0 amide bonds. The van der Waals surface area contributed by atoms with Crippen LogP contribution in [0.3, 0.4) is 0 Å². The molecule has 0 fully saturated rings. The molecule has 0 bridgehead atoms. The third-order valence-electron chi connectivity index (χ3n) is 3.90. The van der Waals surface area contributed by atoms with Crippen molar-refractivity contribution >= 4 is 23.1 Å². The number of carbonyl (C=O) groups is 2. The summed E-state index contributed by atoms with van der Waals surface area (Å²) in [5, 5.41) is 11.8. The summed E-state index contributed by atoms with van der Waals surface area (Å²) in [5.41, 5.74) is -0.533. The van der Waals surface area contributed by atoms with E-state index in [2.05, 4.69) is 0 Å². The summed E-state index contributed by atoms with van der Waals surface area (Å²) >= 11 is 1.46. The third kappa shape index (κ3) is 3.98. The first kappa shape index (κ1) is 18.6. The summed E-state index contributed by atoms with van der Waals surface area (Å²) < 4.78 is 6.26. The summed E-state index contributed by atoms with van der Waals surface area (Å²) in [4.78, 5) is 38.6. The minimum atomic E-state index is -0.783. The topological polar surface area (TPSA) is 85.6 Å². The zero-order valence-corrected chi connectivity index (χ0v) is 15.4. The van der Waals surface area contributed by atoms with Crippen LogP contribution in [0, 0.1) is 0 Å². The van der Waals surface area contributed by atoms with Gasteiger partial charge in [0, 0.05) is 16.6 Å². The number of nitrogens with zero attached hydrogens (tertiary/aromatic N) is 1. The van der Waals surface area contributed by atoms with Crippen molar-refractivity contribution in [2.45, 2.75) is 13.5 Å². The number of pyridine rings is 1. The SMILES string of the molecule is CCOC(=O)c1cc(C(=O)c2ccccc2O)cn(Cc2cccs2)c1=O. The molecule has 138 valence electrons. The Morgan fingerprint density at radius 1 is 1.15 bits per heavy atom. The van der Waals surface area contributed by atoms with E-state index in [0.717, 1.165) is 4.88 Å². The fourth-order valence-electron chi connectivity index (χ4n) is 2.62. The van der Waals surface area contributed by atoms with E-state index in [1.54, 1.807) is 19.1 Å². The lowest BCUT2D eigenvalue weighted by molar-refractivity contribution is 0.0523. The molecular formula is C20H17NO5S. The van der Waals surface area contributed by atoms with Crippen LogP contribution < -0.4 is 5.56 Å². The number of hydrogen-bond acceptors (Lipinski definition) is 6. The Morgan fingerprint density at radius 3 is 2.59 bits per heavy atom. The van der Waals surface area contributed by atoms with Gasteiger partial charge in [-0.1, -0.05) is 18.2 Å². The molecule has 0 atom stereocenters. The summed E-state index contributed by atoms with van der Waals surface area (Å²) in [7, 11) is 0. The number of hydrogen-bond donors (Lipinski definition) is 1. The van der Waals surface area contributed by atoms with Crippen LogP contribution in [-0.2, 0) is 11.3 Å². The molecule has 3 aromatic rings. The van der Waals surface area contributed by atoms with E-state index in [0.29, 0.717) is 0 Å². The third-order valence-corrected chi connectivity index (χ3v) is 4.76. The molecule has 0 spiro atoms. The zero-order valence-electron chi connectivity index (χ0n) is 14.5. The van der Waals surface area contributed by atoms with Crippen LogP contribution in [0.2, 0.25) is 0 Å². The van der Waals surface area contributed by atoms with Crippen molar-refractivity contribution in [3.8, 4) is 5.75 Å². The van der Waals surface area contributed by atoms with E-state index in [-0.39, 0.29) is 35.6 Å². The minimum Gasteiger partial charge on any atom is -0.507 e. The van der Waals surface area contributed by atoms with Crippen LogP contribution in [0.4, 0.5) is 0 Å². The first-order valence-electron chi connectivity index (χ1n) is 8.28. The number of phenols is 1. The normalized spacial score (nSPS) is 10.6. The molecule has 2 aromatic heterocycles. The molecule has 27 heavy (non-hydrogen) atoms. The number of aromatic hydroxyl groups is 1. The Morgan fingerprint density at radius 2 is 1.93 bits per heavy atom. The number of ether oxygens (including phenoxy) is 1. The van der Waals surface area contributed by atoms with Gasteiger partial charge in [-0.2, -0.15) is 0 Å². The lowest BCUT2D eigenvalue weighted by atomic mass is 10.0. The highest BCUT2D eigenvalue weighted by molar-refractivity contribution is 7.09. The van der Waals surface area contributed by atoms with Crippen molar-refractivity contribution in [1.29, 1.82) is 0 Å². The van der Waals surface area contributed by atoms with E-state index in [1.807, 2.05) is 17.5 Å². The molecule has 0 unspecified atom stereocenters. The van der Waals surface area contributed by atoms with Crippen molar-refractivity contribution in [3.05, 3.63) is 86.0 Å². The fourth-order valence-corrected chi connectivity index (χ4v) is 3.33. The van der Waals surface area contributed by atoms with E-state index in [4.69, 9.17) is 4.74 Å². The maximum absolute atomic E-state index is 12.8. The highest BCUT2D eigenvalue weighted by Crippen LogP contribution is 2.20. The number of thiophene rings is 1. The molecule has 0 saturated heterocycles. The van der Waals surface area contributed by atoms with Crippen molar-refractivity contribution < 1.29 is 19.4 Å². The molecule has 3 rings (SSSR count). The van der Waals surface area contributed by atoms with Crippen LogP contribution >= 0.6 is 11.3 Å². The number of carbonyl (C=O) groups excluding carboxylic acids is 2. The van der Waals surface area contributed by atoms with Gasteiger partial charge in [0.2, 0.25) is 0 Å². The molecule has 1 aromatic carbocycles. The number of para-hydroxylation sites is 1. The Bertz CT molecular complexity index is 1040.